The Kier molecular flexibility index (Phi) is 10.9. The number of sulfonamides is 1. The first kappa shape index (κ1) is 30.6. The number of hydrogen-bond donors (Lipinski definition) is 1. The van der Waals surface area contributed by atoms with E-state index in [1.807, 2.05) is 52.0 Å². The highest BCUT2D eigenvalue weighted by atomic mass is 127. The molecule has 0 bridgehead atoms. The highest BCUT2D eigenvalue weighted by Gasteiger charge is 2.33. The van der Waals surface area contributed by atoms with Crippen molar-refractivity contribution in [1.29, 1.82) is 0 Å². The van der Waals surface area contributed by atoms with E-state index in [9.17, 15) is 18.0 Å². The molecule has 0 saturated heterocycles. The van der Waals surface area contributed by atoms with E-state index in [2.05, 4.69) is 27.9 Å². The van der Waals surface area contributed by atoms with Gasteiger partial charge in [-0.2, -0.15) is 0 Å². The lowest BCUT2D eigenvalue weighted by atomic mass is 10.1. The van der Waals surface area contributed by atoms with Crippen LogP contribution in [0.15, 0.2) is 83.8 Å². The van der Waals surface area contributed by atoms with Crippen molar-refractivity contribution in [3.8, 4) is 0 Å². The normalized spacial score (nSPS) is 12.2. The van der Waals surface area contributed by atoms with Gasteiger partial charge in [-0.3, -0.25) is 13.9 Å². The topological polar surface area (TPSA) is 86.8 Å². The third kappa shape index (κ3) is 8.04. The number of amides is 2. The van der Waals surface area contributed by atoms with Crippen LogP contribution in [0.1, 0.15) is 38.3 Å². The van der Waals surface area contributed by atoms with E-state index in [4.69, 9.17) is 0 Å². The van der Waals surface area contributed by atoms with Gasteiger partial charge in [0.15, 0.2) is 0 Å². The van der Waals surface area contributed by atoms with Gasteiger partial charge in [0.1, 0.15) is 12.6 Å². The van der Waals surface area contributed by atoms with Crippen LogP contribution in [0, 0.1) is 16.4 Å². The lowest BCUT2D eigenvalue weighted by molar-refractivity contribution is -0.140. The SMILES string of the molecule is CCC(C(=O)NCC(C)C)N(Cc1ccccc1C)C(=O)CN(c1ccc(I)cc1)S(=O)(=O)c1ccccc1. The Hall–Kier alpha value is -2.92. The number of carbonyl (C=O) groups is 2. The Morgan fingerprint density at radius 3 is 2.13 bits per heavy atom. The summed E-state index contributed by atoms with van der Waals surface area (Å²) in [5, 5.41) is 2.95. The summed E-state index contributed by atoms with van der Waals surface area (Å²) < 4.78 is 29.7. The fourth-order valence-electron chi connectivity index (χ4n) is 4.17. The van der Waals surface area contributed by atoms with E-state index < -0.39 is 28.5 Å². The number of anilines is 1. The van der Waals surface area contributed by atoms with Crippen molar-refractivity contribution in [3.05, 3.63) is 93.6 Å². The maximum Gasteiger partial charge on any atom is 0.264 e. The van der Waals surface area contributed by atoms with Gasteiger partial charge >= 0.3 is 0 Å². The number of benzene rings is 3. The van der Waals surface area contributed by atoms with Crippen LogP contribution in [0.2, 0.25) is 0 Å². The molecule has 0 radical (unpaired) electrons. The van der Waals surface area contributed by atoms with Crippen molar-refractivity contribution in [2.75, 3.05) is 17.4 Å². The number of hydrogen-bond acceptors (Lipinski definition) is 4. The lowest BCUT2D eigenvalue weighted by Gasteiger charge is -2.33. The van der Waals surface area contributed by atoms with Crippen LogP contribution in [-0.2, 0) is 26.2 Å². The third-order valence-corrected chi connectivity index (χ3v) is 8.90. The minimum atomic E-state index is -4.07. The van der Waals surface area contributed by atoms with Crippen molar-refractivity contribution < 1.29 is 18.0 Å². The first-order valence-electron chi connectivity index (χ1n) is 13.0. The Morgan fingerprint density at radius 2 is 1.54 bits per heavy atom. The molecular formula is C30H36IN3O4S. The van der Waals surface area contributed by atoms with Crippen molar-refractivity contribution in [2.24, 2.45) is 5.92 Å². The summed E-state index contributed by atoms with van der Waals surface area (Å²) in [6.45, 7) is 8.04. The molecule has 9 heteroatoms. The molecule has 1 N–H and O–H groups in total. The van der Waals surface area contributed by atoms with Crippen LogP contribution < -0.4 is 9.62 Å². The predicted molar refractivity (Wildman–Crippen MR) is 164 cm³/mol. The van der Waals surface area contributed by atoms with Crippen molar-refractivity contribution >= 4 is 50.1 Å². The maximum absolute atomic E-state index is 14.1. The zero-order valence-corrected chi connectivity index (χ0v) is 25.8. The van der Waals surface area contributed by atoms with Gasteiger partial charge in [-0.15, -0.1) is 0 Å². The molecule has 2 amide bonds. The van der Waals surface area contributed by atoms with Crippen molar-refractivity contribution in [3.63, 3.8) is 0 Å². The van der Waals surface area contributed by atoms with Crippen LogP contribution in [0.4, 0.5) is 5.69 Å². The molecule has 3 aromatic carbocycles. The molecule has 0 spiro atoms. The second kappa shape index (κ2) is 13.9. The van der Waals surface area contributed by atoms with E-state index in [1.54, 1.807) is 42.5 Å². The molecule has 0 aliphatic heterocycles. The van der Waals surface area contributed by atoms with Gasteiger partial charge in [0.2, 0.25) is 11.8 Å². The Morgan fingerprint density at radius 1 is 0.923 bits per heavy atom. The average Bonchev–Trinajstić information content (AvgIpc) is 2.92. The number of nitrogens with zero attached hydrogens (tertiary/aromatic N) is 2. The number of halogens is 1. The van der Waals surface area contributed by atoms with Crippen LogP contribution >= 0.6 is 22.6 Å². The Balaban J connectivity index is 2.04. The standard InChI is InChI=1S/C30H36IN3O4S/c1-5-28(30(36)32-19-22(2)3)33(20-24-12-10-9-11-23(24)4)29(35)21-34(26-17-15-25(31)16-18-26)39(37,38)27-13-7-6-8-14-27/h6-18,22,28H,5,19-21H2,1-4H3,(H,32,36). The first-order chi connectivity index (χ1) is 18.5. The molecular weight excluding hydrogens is 625 g/mol. The maximum atomic E-state index is 14.1. The van der Waals surface area contributed by atoms with E-state index >= 15 is 0 Å². The second-order valence-corrected chi connectivity index (χ2v) is 12.9. The summed E-state index contributed by atoms with van der Waals surface area (Å²) in [4.78, 5) is 28.9. The van der Waals surface area contributed by atoms with Gasteiger partial charge in [0.05, 0.1) is 10.6 Å². The first-order valence-corrected chi connectivity index (χ1v) is 15.5. The number of nitrogens with one attached hydrogen (secondary N) is 1. The predicted octanol–water partition coefficient (Wildman–Crippen LogP) is 5.37. The van der Waals surface area contributed by atoms with E-state index in [-0.39, 0.29) is 23.3 Å². The monoisotopic (exact) mass is 661 g/mol. The molecule has 0 aliphatic rings. The molecule has 39 heavy (non-hydrogen) atoms. The van der Waals surface area contributed by atoms with Gasteiger partial charge in [-0.25, -0.2) is 8.42 Å². The minimum absolute atomic E-state index is 0.0866. The number of carbonyl (C=O) groups excluding carboxylic acids is 2. The molecule has 0 saturated carbocycles. The molecule has 7 nitrogen and oxygen atoms in total. The highest BCUT2D eigenvalue weighted by Crippen LogP contribution is 2.26. The van der Waals surface area contributed by atoms with Crippen LogP contribution in [-0.4, -0.2) is 44.3 Å². The summed E-state index contributed by atoms with van der Waals surface area (Å²) >= 11 is 2.15. The molecule has 3 aromatic rings. The van der Waals surface area contributed by atoms with E-state index in [1.165, 1.54) is 17.0 Å². The fourth-order valence-corrected chi connectivity index (χ4v) is 5.96. The molecule has 0 aromatic heterocycles. The Labute approximate surface area is 245 Å². The molecule has 3 rings (SSSR count). The van der Waals surface area contributed by atoms with Crippen LogP contribution in [0.25, 0.3) is 0 Å². The molecule has 0 fully saturated rings. The van der Waals surface area contributed by atoms with Gasteiger partial charge in [-0.05, 0) is 89.4 Å². The van der Waals surface area contributed by atoms with Crippen LogP contribution in [0.3, 0.4) is 0 Å². The van der Waals surface area contributed by atoms with E-state index in [0.717, 1.165) is 19.0 Å². The highest BCUT2D eigenvalue weighted by molar-refractivity contribution is 14.1. The smallest absolute Gasteiger partial charge is 0.264 e. The fraction of sp³-hybridized carbons (Fsp3) is 0.333. The number of aryl methyl sites for hydroxylation is 1. The quantitative estimate of drug-likeness (QED) is 0.265. The van der Waals surface area contributed by atoms with Crippen molar-refractivity contribution in [2.45, 2.75) is 51.6 Å². The Bertz CT molecular complexity index is 1360. The van der Waals surface area contributed by atoms with Gasteiger partial charge in [-0.1, -0.05) is 63.2 Å². The largest absolute Gasteiger partial charge is 0.354 e. The van der Waals surface area contributed by atoms with Gasteiger partial charge in [0.25, 0.3) is 10.0 Å². The minimum Gasteiger partial charge on any atom is -0.354 e. The molecule has 0 aliphatic carbocycles. The van der Waals surface area contributed by atoms with Gasteiger partial charge in [0, 0.05) is 16.7 Å². The van der Waals surface area contributed by atoms with Crippen molar-refractivity contribution in [1.82, 2.24) is 10.2 Å². The molecule has 208 valence electrons. The summed E-state index contributed by atoms with van der Waals surface area (Å²) in [5.74, 6) is -0.456. The van der Waals surface area contributed by atoms with Crippen LogP contribution in [0.5, 0.6) is 0 Å². The summed E-state index contributed by atoms with van der Waals surface area (Å²) in [6.07, 6.45) is 0.385. The molecule has 0 heterocycles. The third-order valence-electron chi connectivity index (χ3n) is 6.40. The summed E-state index contributed by atoms with van der Waals surface area (Å²) in [7, 11) is -4.07. The zero-order chi connectivity index (χ0) is 28.6. The zero-order valence-electron chi connectivity index (χ0n) is 22.8. The summed E-state index contributed by atoms with van der Waals surface area (Å²) in [5.41, 5.74) is 2.26. The lowest BCUT2D eigenvalue weighted by Crippen LogP contribution is -2.52. The summed E-state index contributed by atoms with van der Waals surface area (Å²) in [6, 6.07) is 22.0. The average molecular weight is 662 g/mol. The molecule has 1 atom stereocenters. The van der Waals surface area contributed by atoms with Gasteiger partial charge < -0.3 is 10.2 Å². The number of rotatable bonds is 12. The second-order valence-electron chi connectivity index (χ2n) is 9.81. The molecule has 1 unspecified atom stereocenters. The van der Waals surface area contributed by atoms with E-state index in [0.29, 0.717) is 18.7 Å².